The van der Waals surface area contributed by atoms with Gasteiger partial charge in [0.2, 0.25) is 0 Å². The first-order valence-corrected chi connectivity index (χ1v) is 10.4. The van der Waals surface area contributed by atoms with E-state index in [1.807, 2.05) is 0 Å². The largest absolute Gasteiger partial charge is 0.311 e. The van der Waals surface area contributed by atoms with Gasteiger partial charge in [0.15, 0.2) is 0 Å². The van der Waals surface area contributed by atoms with Gasteiger partial charge in [0.25, 0.3) is 0 Å². The average Bonchev–Trinajstić information content (AvgIpc) is 2.85. The van der Waals surface area contributed by atoms with Crippen molar-refractivity contribution in [2.45, 2.75) is 69.7 Å². The second-order valence-corrected chi connectivity index (χ2v) is 10.7. The fraction of sp³-hybridized carbons (Fsp3) is 0.700. The van der Waals surface area contributed by atoms with E-state index in [1.165, 1.54) is 31.2 Å². The lowest BCUT2D eigenvalue weighted by atomic mass is 9.79. The number of rotatable bonds is 5. The summed E-state index contributed by atoms with van der Waals surface area (Å²) in [6.45, 7) is 6.32. The van der Waals surface area contributed by atoms with Crippen LogP contribution in [0.5, 0.6) is 0 Å². The molecule has 1 aromatic carbocycles. The molecule has 0 aliphatic carbocycles. The fourth-order valence-corrected chi connectivity index (χ4v) is 5.49. The molecule has 2 saturated heterocycles. The molecular formula is C20H31NOS. The van der Waals surface area contributed by atoms with E-state index in [2.05, 4.69) is 56.4 Å². The minimum Gasteiger partial charge on any atom is -0.311 e. The lowest BCUT2D eigenvalue weighted by Crippen LogP contribution is -2.42. The van der Waals surface area contributed by atoms with Crippen LogP contribution in [0.25, 0.3) is 0 Å². The summed E-state index contributed by atoms with van der Waals surface area (Å²) in [6, 6.07) is 12.2. The molecule has 0 amide bonds. The number of hydrogen-bond donors (Lipinski definition) is 1. The number of benzene rings is 1. The first-order valence-electron chi connectivity index (χ1n) is 9.10. The van der Waals surface area contributed by atoms with E-state index in [0.717, 1.165) is 18.1 Å². The Kier molecular flexibility index (Phi) is 5.27. The van der Waals surface area contributed by atoms with Gasteiger partial charge >= 0.3 is 0 Å². The van der Waals surface area contributed by atoms with Gasteiger partial charge in [-0.05, 0) is 70.3 Å². The molecule has 1 unspecified atom stereocenters. The van der Waals surface area contributed by atoms with Crippen molar-refractivity contribution in [3.63, 3.8) is 0 Å². The molecule has 0 saturated carbocycles. The van der Waals surface area contributed by atoms with Crippen LogP contribution in [-0.2, 0) is 17.2 Å². The molecule has 128 valence electrons. The van der Waals surface area contributed by atoms with E-state index < -0.39 is 10.8 Å². The minimum absolute atomic E-state index is 0.110. The van der Waals surface area contributed by atoms with E-state index in [1.54, 1.807) is 0 Å². The van der Waals surface area contributed by atoms with Crippen LogP contribution in [0.2, 0.25) is 0 Å². The predicted octanol–water partition coefficient (Wildman–Crippen LogP) is 3.92. The summed E-state index contributed by atoms with van der Waals surface area (Å²) in [5, 5.41) is 3.75. The molecule has 1 N–H and O–H groups in total. The third-order valence-corrected chi connectivity index (χ3v) is 7.66. The highest BCUT2D eigenvalue weighted by Crippen LogP contribution is 2.37. The zero-order valence-electron chi connectivity index (χ0n) is 14.8. The van der Waals surface area contributed by atoms with Crippen LogP contribution < -0.4 is 5.32 Å². The van der Waals surface area contributed by atoms with Gasteiger partial charge in [-0.1, -0.05) is 30.3 Å². The Morgan fingerprint density at radius 2 is 1.74 bits per heavy atom. The molecule has 2 aliphatic heterocycles. The molecule has 0 aromatic heterocycles. The molecule has 2 aliphatic rings. The SMILES string of the molecule is CC(C)(C)[S@](=O)C[C@H](Cc1ccccc1)C1C[C@H]2CC[C@@H](C1)N2. The molecule has 1 aromatic rings. The molecule has 3 heteroatoms. The third kappa shape index (κ3) is 4.45. The van der Waals surface area contributed by atoms with Crippen LogP contribution in [0.15, 0.2) is 30.3 Å². The summed E-state index contributed by atoms with van der Waals surface area (Å²) in [5.74, 6) is 2.12. The van der Waals surface area contributed by atoms with Crippen LogP contribution >= 0.6 is 0 Å². The molecule has 3 rings (SSSR count). The van der Waals surface area contributed by atoms with Crippen LogP contribution in [0, 0.1) is 11.8 Å². The van der Waals surface area contributed by atoms with Crippen LogP contribution in [0.3, 0.4) is 0 Å². The summed E-state index contributed by atoms with van der Waals surface area (Å²) in [4.78, 5) is 0. The fourth-order valence-electron chi connectivity index (χ4n) is 4.21. The van der Waals surface area contributed by atoms with Gasteiger partial charge in [0, 0.05) is 33.4 Å². The number of piperidine rings is 1. The standard InChI is InChI=1S/C20H31NOS/c1-20(2,3)23(22)14-17(11-15-7-5-4-6-8-15)16-12-18-9-10-19(13-16)21-18/h4-8,16-19,21H,9-14H2,1-3H3/t16?,17-,18-,19+,23+/m0/s1. The van der Waals surface area contributed by atoms with Crippen molar-refractivity contribution >= 4 is 10.8 Å². The summed E-state index contributed by atoms with van der Waals surface area (Å²) < 4.78 is 12.7. The number of hydrogen-bond acceptors (Lipinski definition) is 2. The third-order valence-electron chi connectivity index (χ3n) is 5.57. The molecular weight excluding hydrogens is 302 g/mol. The van der Waals surface area contributed by atoms with Crippen molar-refractivity contribution in [2.75, 3.05) is 5.75 Å². The molecule has 2 heterocycles. The van der Waals surface area contributed by atoms with Crippen molar-refractivity contribution in [3.05, 3.63) is 35.9 Å². The second kappa shape index (κ2) is 7.06. The monoisotopic (exact) mass is 333 g/mol. The highest BCUT2D eigenvalue weighted by Gasteiger charge is 2.38. The van der Waals surface area contributed by atoms with Gasteiger partial charge in [0.05, 0.1) is 0 Å². The van der Waals surface area contributed by atoms with E-state index in [9.17, 15) is 4.21 Å². The quantitative estimate of drug-likeness (QED) is 0.885. The van der Waals surface area contributed by atoms with Gasteiger partial charge in [-0.25, -0.2) is 0 Å². The summed E-state index contributed by atoms with van der Waals surface area (Å²) in [6.07, 6.45) is 6.29. The zero-order chi connectivity index (χ0) is 16.4. The van der Waals surface area contributed by atoms with E-state index in [0.29, 0.717) is 18.0 Å². The van der Waals surface area contributed by atoms with Crippen LogP contribution in [0.4, 0.5) is 0 Å². The average molecular weight is 334 g/mol. The Labute approximate surface area is 143 Å². The topological polar surface area (TPSA) is 29.1 Å². The molecule has 0 radical (unpaired) electrons. The van der Waals surface area contributed by atoms with Gasteiger partial charge in [-0.2, -0.15) is 0 Å². The second-order valence-electron chi connectivity index (χ2n) is 8.44. The zero-order valence-corrected chi connectivity index (χ0v) is 15.6. The molecule has 2 bridgehead atoms. The molecule has 23 heavy (non-hydrogen) atoms. The van der Waals surface area contributed by atoms with Crippen molar-refractivity contribution in [2.24, 2.45) is 11.8 Å². The Hall–Kier alpha value is -0.670. The van der Waals surface area contributed by atoms with Gasteiger partial charge < -0.3 is 5.32 Å². The van der Waals surface area contributed by atoms with E-state index in [-0.39, 0.29) is 4.75 Å². The number of nitrogens with one attached hydrogen (secondary N) is 1. The highest BCUT2D eigenvalue weighted by molar-refractivity contribution is 7.86. The van der Waals surface area contributed by atoms with E-state index >= 15 is 0 Å². The smallest absolute Gasteiger partial charge is 0.0375 e. The van der Waals surface area contributed by atoms with Crippen molar-refractivity contribution < 1.29 is 4.21 Å². The minimum atomic E-state index is -0.765. The first-order chi connectivity index (χ1) is 10.9. The van der Waals surface area contributed by atoms with Crippen LogP contribution in [0.1, 0.15) is 52.0 Å². The summed E-state index contributed by atoms with van der Waals surface area (Å²) in [5.41, 5.74) is 1.40. The van der Waals surface area contributed by atoms with Crippen molar-refractivity contribution in [3.8, 4) is 0 Å². The maximum Gasteiger partial charge on any atom is 0.0375 e. The Bertz CT molecular complexity index is 524. The summed E-state index contributed by atoms with van der Waals surface area (Å²) in [7, 11) is -0.765. The van der Waals surface area contributed by atoms with Gasteiger partial charge in [0.1, 0.15) is 0 Å². The lowest BCUT2D eigenvalue weighted by Gasteiger charge is -2.36. The van der Waals surface area contributed by atoms with Gasteiger partial charge in [-0.3, -0.25) is 4.21 Å². The predicted molar refractivity (Wildman–Crippen MR) is 99.1 cm³/mol. The van der Waals surface area contributed by atoms with Crippen LogP contribution in [-0.4, -0.2) is 26.8 Å². The van der Waals surface area contributed by atoms with Crippen molar-refractivity contribution in [1.82, 2.24) is 5.32 Å². The first kappa shape index (κ1) is 17.2. The molecule has 5 atom stereocenters. The molecule has 2 nitrogen and oxygen atoms in total. The highest BCUT2D eigenvalue weighted by atomic mass is 32.2. The normalized spacial score (nSPS) is 30.1. The van der Waals surface area contributed by atoms with Crippen molar-refractivity contribution in [1.29, 1.82) is 0 Å². The van der Waals surface area contributed by atoms with E-state index in [4.69, 9.17) is 0 Å². The molecule has 2 fully saturated rings. The summed E-state index contributed by atoms with van der Waals surface area (Å²) >= 11 is 0. The molecule has 0 spiro atoms. The maximum absolute atomic E-state index is 12.8. The van der Waals surface area contributed by atoms with Gasteiger partial charge in [-0.15, -0.1) is 0 Å². The Morgan fingerprint density at radius 1 is 1.13 bits per heavy atom. The Balaban J connectivity index is 1.74. The maximum atomic E-state index is 12.8. The number of fused-ring (bicyclic) bond motifs is 2. The lowest BCUT2D eigenvalue weighted by molar-refractivity contribution is 0.229. The Morgan fingerprint density at radius 3 is 2.30 bits per heavy atom.